The highest BCUT2D eigenvalue weighted by atomic mass is 16.5. The van der Waals surface area contributed by atoms with Crippen LogP contribution in [0.2, 0.25) is 0 Å². The van der Waals surface area contributed by atoms with E-state index in [4.69, 9.17) is 9.84 Å². The monoisotopic (exact) mass is 299 g/mol. The number of nitrogens with one attached hydrogen (secondary N) is 2. The van der Waals surface area contributed by atoms with E-state index >= 15 is 0 Å². The van der Waals surface area contributed by atoms with Crippen LogP contribution in [-0.2, 0) is 9.53 Å². The number of carboxylic acid groups (broad SMARTS) is 1. The first-order valence-electron chi connectivity index (χ1n) is 7.61. The van der Waals surface area contributed by atoms with Gasteiger partial charge in [-0.15, -0.1) is 0 Å². The van der Waals surface area contributed by atoms with Gasteiger partial charge < -0.3 is 25.4 Å². The SMILES string of the molecule is COCCCC(NC(=O)NC1CN2CCC1CC2)C(=O)O. The van der Waals surface area contributed by atoms with E-state index in [1.165, 1.54) is 0 Å². The first kappa shape index (κ1) is 16.0. The zero-order valence-corrected chi connectivity index (χ0v) is 12.5. The van der Waals surface area contributed by atoms with Crippen molar-refractivity contribution in [2.24, 2.45) is 5.92 Å². The number of methoxy groups -OCH3 is 1. The molecule has 0 saturated carbocycles. The van der Waals surface area contributed by atoms with Gasteiger partial charge in [-0.3, -0.25) is 0 Å². The standard InChI is InChI=1S/C14H25N3O4/c1-21-8-2-3-11(13(18)19)15-14(20)16-12-9-17-6-4-10(12)5-7-17/h10-12H,2-9H2,1H3,(H,18,19)(H2,15,16,20). The summed E-state index contributed by atoms with van der Waals surface area (Å²) in [6.45, 7) is 3.59. The molecule has 3 saturated heterocycles. The second-order valence-corrected chi connectivity index (χ2v) is 5.89. The Balaban J connectivity index is 1.77. The van der Waals surface area contributed by atoms with E-state index in [0.29, 0.717) is 25.4 Å². The fraction of sp³-hybridized carbons (Fsp3) is 0.857. The van der Waals surface area contributed by atoms with Crippen LogP contribution in [-0.4, -0.2) is 67.4 Å². The Bertz CT molecular complexity index is 369. The third-order valence-electron chi connectivity index (χ3n) is 4.42. The molecule has 0 aromatic heterocycles. The van der Waals surface area contributed by atoms with Gasteiger partial charge in [0.2, 0.25) is 0 Å². The fourth-order valence-electron chi connectivity index (χ4n) is 3.19. The van der Waals surface area contributed by atoms with E-state index in [0.717, 1.165) is 32.5 Å². The normalized spacial score (nSPS) is 28.9. The van der Waals surface area contributed by atoms with Crippen molar-refractivity contribution >= 4 is 12.0 Å². The summed E-state index contributed by atoms with van der Waals surface area (Å²) < 4.78 is 4.91. The van der Waals surface area contributed by atoms with Gasteiger partial charge in [-0.1, -0.05) is 0 Å². The van der Waals surface area contributed by atoms with Crippen molar-refractivity contribution in [3.63, 3.8) is 0 Å². The maximum atomic E-state index is 12.0. The van der Waals surface area contributed by atoms with Gasteiger partial charge in [-0.05, 0) is 44.7 Å². The molecule has 3 aliphatic rings. The minimum atomic E-state index is -1.00. The molecule has 0 aliphatic carbocycles. The zero-order chi connectivity index (χ0) is 15.2. The Morgan fingerprint density at radius 3 is 2.62 bits per heavy atom. The summed E-state index contributed by atoms with van der Waals surface area (Å²) in [7, 11) is 1.57. The summed E-state index contributed by atoms with van der Waals surface area (Å²) in [6, 6.07) is -1.10. The highest BCUT2D eigenvalue weighted by molar-refractivity contribution is 5.82. The van der Waals surface area contributed by atoms with Crippen molar-refractivity contribution in [3.8, 4) is 0 Å². The molecule has 7 heteroatoms. The Hall–Kier alpha value is -1.34. The molecular formula is C14H25N3O4. The molecule has 3 aliphatic heterocycles. The fourth-order valence-corrected chi connectivity index (χ4v) is 3.19. The number of urea groups is 1. The van der Waals surface area contributed by atoms with Gasteiger partial charge in [0.1, 0.15) is 6.04 Å². The average Bonchev–Trinajstić information content (AvgIpc) is 2.47. The number of rotatable bonds is 7. The molecule has 3 rings (SSSR count). The van der Waals surface area contributed by atoms with Crippen LogP contribution in [0.25, 0.3) is 0 Å². The number of amides is 2. The minimum absolute atomic E-state index is 0.140. The predicted molar refractivity (Wildman–Crippen MR) is 77.2 cm³/mol. The molecule has 3 heterocycles. The molecule has 7 nitrogen and oxygen atoms in total. The summed E-state index contributed by atoms with van der Waals surface area (Å²) in [5, 5.41) is 14.6. The van der Waals surface area contributed by atoms with Gasteiger partial charge in [0.05, 0.1) is 0 Å². The molecule has 3 fully saturated rings. The van der Waals surface area contributed by atoms with Crippen molar-refractivity contribution < 1.29 is 19.4 Å². The number of carbonyl (C=O) groups excluding carboxylic acids is 1. The molecule has 0 aromatic carbocycles. The summed E-state index contributed by atoms with van der Waals surface area (Å²) in [4.78, 5) is 25.5. The summed E-state index contributed by atoms with van der Waals surface area (Å²) in [6.07, 6.45) is 3.20. The number of piperidine rings is 3. The van der Waals surface area contributed by atoms with E-state index in [1.54, 1.807) is 7.11 Å². The van der Waals surface area contributed by atoms with Crippen LogP contribution in [0, 0.1) is 5.92 Å². The maximum absolute atomic E-state index is 12.0. The molecule has 2 amide bonds. The topological polar surface area (TPSA) is 90.9 Å². The van der Waals surface area contributed by atoms with Crippen LogP contribution in [0.1, 0.15) is 25.7 Å². The summed E-state index contributed by atoms with van der Waals surface area (Å²) in [5.74, 6) is -0.479. The van der Waals surface area contributed by atoms with Crippen molar-refractivity contribution in [1.82, 2.24) is 15.5 Å². The first-order valence-corrected chi connectivity index (χ1v) is 7.61. The average molecular weight is 299 g/mol. The van der Waals surface area contributed by atoms with Gasteiger partial charge in [0.15, 0.2) is 0 Å². The highest BCUT2D eigenvalue weighted by Crippen LogP contribution is 2.27. The number of fused-ring (bicyclic) bond motifs is 3. The number of hydrogen-bond acceptors (Lipinski definition) is 4. The van der Waals surface area contributed by atoms with E-state index in [1.807, 2.05) is 0 Å². The van der Waals surface area contributed by atoms with Gasteiger partial charge in [0, 0.05) is 26.3 Å². The first-order chi connectivity index (χ1) is 10.1. The highest BCUT2D eigenvalue weighted by Gasteiger charge is 2.35. The predicted octanol–water partition coefficient (Wildman–Crippen LogP) is 0.260. The largest absolute Gasteiger partial charge is 0.480 e. The molecule has 0 aromatic rings. The van der Waals surface area contributed by atoms with Crippen LogP contribution in [0.3, 0.4) is 0 Å². The van der Waals surface area contributed by atoms with Crippen LogP contribution >= 0.6 is 0 Å². The molecule has 2 bridgehead atoms. The zero-order valence-electron chi connectivity index (χ0n) is 12.5. The Morgan fingerprint density at radius 2 is 2.10 bits per heavy atom. The number of hydrogen-bond donors (Lipinski definition) is 3. The van der Waals surface area contributed by atoms with E-state index in [2.05, 4.69) is 15.5 Å². The summed E-state index contributed by atoms with van der Waals surface area (Å²) >= 11 is 0. The second kappa shape index (κ2) is 7.61. The van der Waals surface area contributed by atoms with Gasteiger partial charge in [-0.2, -0.15) is 0 Å². The number of carboxylic acids is 1. The molecule has 3 N–H and O–H groups in total. The number of nitrogens with zero attached hydrogens (tertiary/aromatic N) is 1. The Morgan fingerprint density at radius 1 is 1.38 bits per heavy atom. The molecule has 21 heavy (non-hydrogen) atoms. The molecule has 0 spiro atoms. The third-order valence-corrected chi connectivity index (χ3v) is 4.42. The number of ether oxygens (including phenoxy) is 1. The van der Waals surface area contributed by atoms with Crippen molar-refractivity contribution in [2.75, 3.05) is 33.4 Å². The van der Waals surface area contributed by atoms with Gasteiger partial charge in [0.25, 0.3) is 0 Å². The Labute approximate surface area is 125 Å². The lowest BCUT2D eigenvalue weighted by Crippen LogP contribution is -2.59. The summed E-state index contributed by atoms with van der Waals surface area (Å²) in [5.41, 5.74) is 0. The van der Waals surface area contributed by atoms with Crippen LogP contribution in [0.15, 0.2) is 0 Å². The molecule has 2 unspecified atom stereocenters. The van der Waals surface area contributed by atoms with E-state index in [-0.39, 0.29) is 12.1 Å². The molecule has 2 atom stereocenters. The molecule has 0 radical (unpaired) electrons. The lowest BCUT2D eigenvalue weighted by Gasteiger charge is -2.44. The smallest absolute Gasteiger partial charge is 0.326 e. The van der Waals surface area contributed by atoms with Crippen LogP contribution < -0.4 is 10.6 Å². The van der Waals surface area contributed by atoms with E-state index < -0.39 is 12.0 Å². The third kappa shape index (κ3) is 4.57. The van der Waals surface area contributed by atoms with Gasteiger partial charge in [-0.25, -0.2) is 9.59 Å². The molecular weight excluding hydrogens is 274 g/mol. The van der Waals surface area contributed by atoms with Gasteiger partial charge >= 0.3 is 12.0 Å². The molecule has 120 valence electrons. The van der Waals surface area contributed by atoms with Crippen molar-refractivity contribution in [1.29, 1.82) is 0 Å². The van der Waals surface area contributed by atoms with Crippen molar-refractivity contribution in [3.05, 3.63) is 0 Å². The van der Waals surface area contributed by atoms with E-state index in [9.17, 15) is 9.59 Å². The number of aliphatic carboxylic acids is 1. The Kier molecular flexibility index (Phi) is 5.81. The van der Waals surface area contributed by atoms with Crippen molar-refractivity contribution in [2.45, 2.75) is 37.8 Å². The quantitative estimate of drug-likeness (QED) is 0.587. The minimum Gasteiger partial charge on any atom is -0.480 e. The second-order valence-electron chi connectivity index (χ2n) is 5.89. The lowest BCUT2D eigenvalue weighted by molar-refractivity contribution is -0.139. The van der Waals surface area contributed by atoms with Crippen LogP contribution in [0.5, 0.6) is 0 Å². The lowest BCUT2D eigenvalue weighted by atomic mass is 9.84. The number of carbonyl (C=O) groups is 2. The maximum Gasteiger partial charge on any atom is 0.326 e. The van der Waals surface area contributed by atoms with Crippen LogP contribution in [0.4, 0.5) is 4.79 Å².